The van der Waals surface area contributed by atoms with Crippen molar-refractivity contribution in [1.82, 2.24) is 0 Å². The quantitative estimate of drug-likeness (QED) is 0.564. The fourth-order valence-corrected chi connectivity index (χ4v) is 2.17. The maximum absolute atomic E-state index is 5.57. The molecule has 0 aliphatic carbocycles. The van der Waals surface area contributed by atoms with Gasteiger partial charge in [-0.1, -0.05) is 25.8 Å². The van der Waals surface area contributed by atoms with Crippen molar-refractivity contribution in [1.29, 1.82) is 0 Å². The third-order valence-electron chi connectivity index (χ3n) is 2.13. The molecule has 0 amide bonds. The van der Waals surface area contributed by atoms with E-state index in [1.165, 1.54) is 35.7 Å². The van der Waals surface area contributed by atoms with E-state index >= 15 is 0 Å². The Morgan fingerprint density at radius 2 is 2.50 bits per heavy atom. The van der Waals surface area contributed by atoms with Crippen LogP contribution in [0.25, 0.3) is 0 Å². The lowest BCUT2D eigenvalue weighted by molar-refractivity contribution is 0.144. The van der Waals surface area contributed by atoms with Gasteiger partial charge in [-0.15, -0.1) is 0 Å². The lowest BCUT2D eigenvalue weighted by atomic mass is 10.2. The van der Waals surface area contributed by atoms with Gasteiger partial charge in [0.1, 0.15) is 0 Å². The van der Waals surface area contributed by atoms with Crippen LogP contribution in [0.4, 0.5) is 0 Å². The minimum Gasteiger partial charge on any atom is -0.373 e. The first-order valence-electron chi connectivity index (χ1n) is 4.81. The van der Waals surface area contributed by atoms with E-state index in [-0.39, 0.29) is 0 Å². The molecule has 1 unspecified atom stereocenters. The molecule has 0 aromatic heterocycles. The summed E-state index contributed by atoms with van der Waals surface area (Å²) in [7, 11) is 0. The summed E-state index contributed by atoms with van der Waals surface area (Å²) in [5.41, 5.74) is 0. The van der Waals surface area contributed by atoms with Gasteiger partial charge < -0.3 is 4.74 Å². The van der Waals surface area contributed by atoms with E-state index in [9.17, 15) is 0 Å². The molecule has 1 atom stereocenters. The highest BCUT2D eigenvalue weighted by Gasteiger charge is 2.17. The summed E-state index contributed by atoms with van der Waals surface area (Å²) >= 11 is 2.42. The van der Waals surface area contributed by atoms with E-state index in [2.05, 4.69) is 35.6 Å². The highest BCUT2D eigenvalue weighted by Crippen LogP contribution is 2.25. The molecular weight excluding hydrogens is 263 g/mol. The second kappa shape index (κ2) is 5.97. The number of hydrogen-bond donors (Lipinski definition) is 0. The molecule has 1 rings (SSSR count). The van der Waals surface area contributed by atoms with E-state index in [0.29, 0.717) is 6.10 Å². The maximum Gasteiger partial charge on any atom is 0.0879 e. The number of unbranched alkanes of at least 4 members (excludes halogenated alkanes) is 2. The summed E-state index contributed by atoms with van der Waals surface area (Å²) in [6, 6.07) is 0. The van der Waals surface area contributed by atoms with Crippen LogP contribution in [0, 0.1) is 0 Å². The first-order chi connectivity index (χ1) is 5.84. The van der Waals surface area contributed by atoms with Crippen molar-refractivity contribution in [3.8, 4) is 0 Å². The number of rotatable bonds is 4. The molecule has 0 N–H and O–H groups in total. The lowest BCUT2D eigenvalue weighted by Gasteiger charge is -2.07. The summed E-state index contributed by atoms with van der Waals surface area (Å²) in [6.45, 7) is 3.19. The monoisotopic (exact) mass is 280 g/mol. The number of halogens is 1. The van der Waals surface area contributed by atoms with E-state index in [4.69, 9.17) is 4.74 Å². The summed E-state index contributed by atoms with van der Waals surface area (Å²) in [4.78, 5) is 0. The van der Waals surface area contributed by atoms with Crippen LogP contribution in [0.1, 0.15) is 39.0 Å². The molecule has 0 saturated carbocycles. The standard InChI is InChI=1S/C10H17IO/c1-2-3-4-6-9(11)10-7-5-8-12-10/h6,10H,2-5,7-8H2,1H3/b9-6-. The van der Waals surface area contributed by atoms with Crippen LogP contribution >= 0.6 is 22.6 Å². The Balaban J connectivity index is 2.24. The Bertz CT molecular complexity index is 148. The van der Waals surface area contributed by atoms with Crippen LogP contribution in [0.15, 0.2) is 9.66 Å². The third kappa shape index (κ3) is 3.44. The molecule has 1 nitrogen and oxygen atoms in total. The van der Waals surface area contributed by atoms with Gasteiger partial charge in [-0.05, 0) is 41.9 Å². The topological polar surface area (TPSA) is 9.23 Å². The third-order valence-corrected chi connectivity index (χ3v) is 3.27. The van der Waals surface area contributed by atoms with Gasteiger partial charge in [0.2, 0.25) is 0 Å². The van der Waals surface area contributed by atoms with Gasteiger partial charge in [0.15, 0.2) is 0 Å². The smallest absolute Gasteiger partial charge is 0.0879 e. The summed E-state index contributed by atoms with van der Waals surface area (Å²) < 4.78 is 6.98. The van der Waals surface area contributed by atoms with Crippen LogP contribution in [0.2, 0.25) is 0 Å². The molecule has 1 heterocycles. The Hall–Kier alpha value is 0.430. The zero-order valence-corrected chi connectivity index (χ0v) is 9.84. The zero-order chi connectivity index (χ0) is 8.81. The minimum atomic E-state index is 0.433. The van der Waals surface area contributed by atoms with Crippen LogP contribution in [0.5, 0.6) is 0 Å². The molecule has 0 bridgehead atoms. The first kappa shape index (κ1) is 10.5. The summed E-state index contributed by atoms with van der Waals surface area (Å²) in [5, 5.41) is 0. The van der Waals surface area contributed by atoms with Gasteiger partial charge >= 0.3 is 0 Å². The van der Waals surface area contributed by atoms with Crippen molar-refractivity contribution in [3.63, 3.8) is 0 Å². The molecule has 1 aliphatic rings. The van der Waals surface area contributed by atoms with E-state index in [1.807, 2.05) is 0 Å². The van der Waals surface area contributed by atoms with Gasteiger partial charge in [-0.3, -0.25) is 0 Å². The van der Waals surface area contributed by atoms with Crippen LogP contribution in [-0.2, 0) is 4.74 Å². The predicted molar refractivity (Wildman–Crippen MR) is 60.6 cm³/mol. The van der Waals surface area contributed by atoms with Crippen molar-refractivity contribution < 1.29 is 4.74 Å². The molecule has 0 aromatic rings. The summed E-state index contributed by atoms with van der Waals surface area (Å²) in [6.07, 6.45) is 9.03. The molecule has 1 saturated heterocycles. The largest absolute Gasteiger partial charge is 0.373 e. The molecule has 2 heteroatoms. The second-order valence-electron chi connectivity index (χ2n) is 3.23. The maximum atomic E-state index is 5.57. The molecular formula is C10H17IO. The zero-order valence-electron chi connectivity index (χ0n) is 7.68. The average molecular weight is 280 g/mol. The second-order valence-corrected chi connectivity index (χ2v) is 4.48. The van der Waals surface area contributed by atoms with E-state index in [1.54, 1.807) is 0 Å². The van der Waals surface area contributed by atoms with E-state index in [0.717, 1.165) is 6.61 Å². The van der Waals surface area contributed by atoms with Gasteiger partial charge in [0.05, 0.1) is 6.10 Å². The van der Waals surface area contributed by atoms with Crippen molar-refractivity contribution >= 4 is 22.6 Å². The van der Waals surface area contributed by atoms with Gasteiger partial charge in [0.25, 0.3) is 0 Å². The normalized spacial score (nSPS) is 24.8. The molecule has 70 valence electrons. The Kier molecular flexibility index (Phi) is 5.23. The molecule has 1 fully saturated rings. The fourth-order valence-electron chi connectivity index (χ4n) is 1.37. The van der Waals surface area contributed by atoms with Crippen molar-refractivity contribution in [2.24, 2.45) is 0 Å². The number of hydrogen-bond acceptors (Lipinski definition) is 1. The molecule has 0 aromatic carbocycles. The molecule has 0 spiro atoms. The van der Waals surface area contributed by atoms with Gasteiger partial charge in [-0.25, -0.2) is 0 Å². The SMILES string of the molecule is CCCC/C=C(\I)C1CCCO1. The number of ether oxygens (including phenoxy) is 1. The van der Waals surface area contributed by atoms with Crippen LogP contribution in [0.3, 0.4) is 0 Å². The molecule has 0 radical (unpaired) electrons. The Morgan fingerprint density at radius 1 is 1.67 bits per heavy atom. The van der Waals surface area contributed by atoms with Crippen molar-refractivity contribution in [2.45, 2.75) is 45.1 Å². The van der Waals surface area contributed by atoms with E-state index < -0.39 is 0 Å². The highest BCUT2D eigenvalue weighted by atomic mass is 127. The van der Waals surface area contributed by atoms with Crippen molar-refractivity contribution in [2.75, 3.05) is 6.61 Å². The highest BCUT2D eigenvalue weighted by molar-refractivity contribution is 14.1. The van der Waals surface area contributed by atoms with Gasteiger partial charge in [-0.2, -0.15) is 0 Å². The summed E-state index contributed by atoms with van der Waals surface area (Å²) in [5.74, 6) is 0. The van der Waals surface area contributed by atoms with Crippen LogP contribution in [-0.4, -0.2) is 12.7 Å². The average Bonchev–Trinajstić information content (AvgIpc) is 2.56. The van der Waals surface area contributed by atoms with Gasteiger partial charge in [0, 0.05) is 10.2 Å². The minimum absolute atomic E-state index is 0.433. The lowest BCUT2D eigenvalue weighted by Crippen LogP contribution is -2.03. The molecule has 1 aliphatic heterocycles. The Labute approximate surface area is 88.7 Å². The Morgan fingerprint density at radius 3 is 3.08 bits per heavy atom. The van der Waals surface area contributed by atoms with Crippen LogP contribution < -0.4 is 0 Å². The number of allylic oxidation sites excluding steroid dienone is 1. The predicted octanol–water partition coefficient (Wildman–Crippen LogP) is 3.67. The fraction of sp³-hybridized carbons (Fsp3) is 0.800. The molecule has 12 heavy (non-hydrogen) atoms. The first-order valence-corrected chi connectivity index (χ1v) is 5.89. The van der Waals surface area contributed by atoms with Crippen molar-refractivity contribution in [3.05, 3.63) is 9.66 Å².